The van der Waals surface area contributed by atoms with Gasteiger partial charge in [-0.25, -0.2) is 4.98 Å². The van der Waals surface area contributed by atoms with E-state index in [0.717, 1.165) is 93.6 Å². The lowest BCUT2D eigenvalue weighted by molar-refractivity contribution is -0.251. The van der Waals surface area contributed by atoms with Crippen LogP contribution >= 0.6 is 0 Å². The number of imidazole rings is 1. The number of benzene rings is 1. The van der Waals surface area contributed by atoms with Crippen LogP contribution in [0.2, 0.25) is 0 Å². The lowest BCUT2D eigenvalue weighted by atomic mass is 9.32. The number of H-pyrrole nitrogens is 1. The van der Waals surface area contributed by atoms with Gasteiger partial charge in [0.2, 0.25) is 5.91 Å². The predicted octanol–water partition coefficient (Wildman–Crippen LogP) is 10.9. The van der Waals surface area contributed by atoms with Gasteiger partial charge < -0.3 is 24.5 Å². The Morgan fingerprint density at radius 1 is 0.898 bits per heavy atom. The standard InChI is InChI=1S/C50H73N3O6/c1-30(2)33-19-24-50(43(55)53-27-11-12-36(53)42-51-29-35(52-42)31-13-15-32(58-10)16-14-31)26-25-48(8)34(41(33)50)17-18-38-47(7)22-21-39(59-40(54)28-45(3,4)44(56)57)46(5,6)37(47)20-23-49(38,48)9/h13-16,29-30,33-34,36-39,41H,11-12,17-28H2,1-10H3,(H,51,52)(H,56,57)/t33?,34-,36+,37+,38-,39+,41-,47+,48-,49-,50+/m1/s1. The van der Waals surface area contributed by atoms with E-state index in [2.05, 4.69) is 70.5 Å². The zero-order valence-electron chi connectivity index (χ0n) is 37.8. The van der Waals surface area contributed by atoms with E-state index in [9.17, 15) is 14.7 Å². The first-order valence-electron chi connectivity index (χ1n) is 23.2. The van der Waals surface area contributed by atoms with Crippen molar-refractivity contribution in [1.29, 1.82) is 0 Å². The van der Waals surface area contributed by atoms with Crippen molar-refractivity contribution < 1.29 is 29.0 Å². The third-order valence-corrected chi connectivity index (χ3v) is 19.0. The van der Waals surface area contributed by atoms with Gasteiger partial charge in [0.25, 0.3) is 0 Å². The number of aliphatic carboxylic acids is 1. The van der Waals surface area contributed by atoms with E-state index in [1.54, 1.807) is 21.0 Å². The fraction of sp³-hybridized carbons (Fsp3) is 0.760. The Morgan fingerprint density at radius 3 is 2.31 bits per heavy atom. The summed E-state index contributed by atoms with van der Waals surface area (Å²) in [5.41, 5.74) is 0.728. The van der Waals surface area contributed by atoms with E-state index in [4.69, 9.17) is 14.5 Å². The first kappa shape index (κ1) is 42.3. The summed E-state index contributed by atoms with van der Waals surface area (Å²) < 4.78 is 11.6. The number of carboxylic acid groups (broad SMARTS) is 1. The van der Waals surface area contributed by atoms with Gasteiger partial charge >= 0.3 is 11.9 Å². The van der Waals surface area contributed by atoms with Crippen molar-refractivity contribution in [3.8, 4) is 17.0 Å². The SMILES string of the molecule is COc1ccc(-c2cnc([C@@H]3CCCN3C(=O)[C@]34CCC(C(C)C)[C@@H]3[C@H]3CC[C@@H]5[C@@]6(C)CC[C@H](OC(=O)CC(C)(C)C(=O)O)C(C)(C)[C@@H]6CC[C@@]5(C)[C@]3(C)CC4)[nH]2)cc1. The molecule has 1 unspecified atom stereocenters. The zero-order valence-corrected chi connectivity index (χ0v) is 37.8. The van der Waals surface area contributed by atoms with Crippen LogP contribution in [-0.4, -0.2) is 57.6 Å². The van der Waals surface area contributed by atoms with Crippen LogP contribution in [0.25, 0.3) is 11.3 Å². The highest BCUT2D eigenvalue weighted by atomic mass is 16.5. The van der Waals surface area contributed by atoms with E-state index < -0.39 is 17.4 Å². The number of aromatic nitrogens is 2. The molecule has 59 heavy (non-hydrogen) atoms. The van der Waals surface area contributed by atoms with E-state index in [0.29, 0.717) is 41.4 Å². The Kier molecular flexibility index (Phi) is 10.5. The third kappa shape index (κ3) is 6.41. The van der Waals surface area contributed by atoms with Gasteiger partial charge in [0.15, 0.2) is 0 Å². The number of nitrogens with zero attached hydrogens (tertiary/aromatic N) is 2. The van der Waals surface area contributed by atoms with Crippen LogP contribution in [-0.2, 0) is 19.1 Å². The molecule has 1 aromatic heterocycles. The summed E-state index contributed by atoms with van der Waals surface area (Å²) >= 11 is 0. The number of amides is 1. The molecule has 5 aliphatic carbocycles. The minimum atomic E-state index is -1.15. The van der Waals surface area contributed by atoms with Crippen molar-refractivity contribution in [1.82, 2.24) is 14.9 Å². The number of hydrogen-bond donors (Lipinski definition) is 2. The molecule has 9 nitrogen and oxygen atoms in total. The number of hydrogen-bond acceptors (Lipinski definition) is 6. The summed E-state index contributed by atoms with van der Waals surface area (Å²) in [5.74, 6) is 3.68. The van der Waals surface area contributed by atoms with Crippen molar-refractivity contribution in [2.75, 3.05) is 13.7 Å². The first-order valence-corrected chi connectivity index (χ1v) is 23.2. The number of fused-ring (bicyclic) bond motifs is 7. The quantitative estimate of drug-likeness (QED) is 0.242. The maximum atomic E-state index is 15.6. The Balaban J connectivity index is 1.05. The Morgan fingerprint density at radius 2 is 1.63 bits per heavy atom. The van der Waals surface area contributed by atoms with Crippen LogP contribution in [0.1, 0.15) is 158 Å². The average molecular weight is 812 g/mol. The Bertz CT molecular complexity index is 1940. The summed E-state index contributed by atoms with van der Waals surface area (Å²) in [6.07, 6.45) is 14.2. The minimum absolute atomic E-state index is 0.0270. The molecule has 9 heteroatoms. The first-order chi connectivity index (χ1) is 27.7. The maximum absolute atomic E-state index is 15.6. The summed E-state index contributed by atoms with van der Waals surface area (Å²) in [5, 5.41) is 9.67. The van der Waals surface area contributed by atoms with Gasteiger partial charge in [-0.3, -0.25) is 14.4 Å². The van der Waals surface area contributed by atoms with Crippen LogP contribution < -0.4 is 4.74 Å². The molecule has 11 atom stereocenters. The second kappa shape index (κ2) is 14.6. The largest absolute Gasteiger partial charge is 0.497 e. The highest BCUT2D eigenvalue weighted by molar-refractivity contribution is 5.85. The van der Waals surface area contributed by atoms with Gasteiger partial charge in [-0.2, -0.15) is 0 Å². The van der Waals surface area contributed by atoms with E-state index in [1.165, 1.54) is 12.8 Å². The Hall–Kier alpha value is -3.36. The van der Waals surface area contributed by atoms with Gasteiger partial charge in [-0.05, 0) is 172 Å². The summed E-state index contributed by atoms with van der Waals surface area (Å²) in [6.45, 7) is 21.3. The van der Waals surface area contributed by atoms with Crippen molar-refractivity contribution in [3.63, 3.8) is 0 Å². The van der Waals surface area contributed by atoms with E-state index >= 15 is 4.79 Å². The molecule has 6 fully saturated rings. The van der Waals surface area contributed by atoms with Gasteiger partial charge in [0.05, 0.1) is 42.3 Å². The van der Waals surface area contributed by atoms with Gasteiger partial charge in [-0.1, -0.05) is 48.5 Å². The molecular weight excluding hydrogens is 739 g/mol. The molecule has 1 amide bonds. The second-order valence-electron chi connectivity index (χ2n) is 22.6. The van der Waals surface area contributed by atoms with Crippen LogP contribution in [0.3, 0.4) is 0 Å². The van der Waals surface area contributed by atoms with E-state index in [1.807, 2.05) is 18.3 Å². The van der Waals surface area contributed by atoms with Gasteiger partial charge in [0.1, 0.15) is 17.7 Å². The molecule has 0 radical (unpaired) electrons. The van der Waals surface area contributed by atoms with Crippen LogP contribution in [0.4, 0.5) is 0 Å². The van der Waals surface area contributed by atoms with E-state index in [-0.39, 0.29) is 45.6 Å². The van der Waals surface area contributed by atoms with Crippen molar-refractivity contribution in [3.05, 3.63) is 36.3 Å². The normalized spacial score (nSPS) is 38.8. The number of carboxylic acids is 1. The zero-order chi connectivity index (χ0) is 42.5. The fourth-order valence-corrected chi connectivity index (χ4v) is 15.6. The van der Waals surface area contributed by atoms with Gasteiger partial charge in [0, 0.05) is 12.0 Å². The fourth-order valence-electron chi connectivity index (χ4n) is 15.6. The predicted molar refractivity (Wildman–Crippen MR) is 229 cm³/mol. The second-order valence-corrected chi connectivity index (χ2v) is 22.6. The Labute approximate surface area is 353 Å². The number of rotatable bonds is 9. The summed E-state index contributed by atoms with van der Waals surface area (Å²) in [7, 11) is 1.68. The van der Waals surface area contributed by atoms with Crippen molar-refractivity contribution in [2.45, 2.75) is 158 Å². The molecule has 2 heterocycles. The molecule has 1 aliphatic heterocycles. The average Bonchev–Trinajstić information content (AvgIpc) is 3.95. The third-order valence-electron chi connectivity index (χ3n) is 19.0. The lowest BCUT2D eigenvalue weighted by Crippen LogP contribution is -2.67. The number of likely N-dealkylation sites (tertiary alicyclic amines) is 1. The highest BCUT2D eigenvalue weighted by Gasteiger charge is 2.72. The van der Waals surface area contributed by atoms with Gasteiger partial charge in [-0.15, -0.1) is 0 Å². The molecule has 8 rings (SSSR count). The van der Waals surface area contributed by atoms with Crippen molar-refractivity contribution >= 4 is 17.8 Å². The molecule has 5 saturated carbocycles. The van der Waals surface area contributed by atoms with Crippen LogP contribution in [0, 0.1) is 68.0 Å². The number of aromatic amines is 1. The van der Waals surface area contributed by atoms with Crippen molar-refractivity contribution in [2.24, 2.45) is 68.0 Å². The molecule has 2 N–H and O–H groups in total. The highest BCUT2D eigenvalue weighted by Crippen LogP contribution is 2.78. The smallest absolute Gasteiger partial charge is 0.309 e. The molecule has 1 saturated heterocycles. The molecule has 0 bridgehead atoms. The molecule has 1 aromatic carbocycles. The number of methoxy groups -OCH3 is 1. The number of ether oxygens (including phenoxy) is 2. The monoisotopic (exact) mass is 812 g/mol. The maximum Gasteiger partial charge on any atom is 0.309 e. The lowest BCUT2D eigenvalue weighted by Gasteiger charge is -2.73. The summed E-state index contributed by atoms with van der Waals surface area (Å²) in [6, 6.07) is 8.03. The number of nitrogens with one attached hydrogen (secondary N) is 1. The number of esters is 1. The van der Waals surface area contributed by atoms with Crippen LogP contribution in [0.15, 0.2) is 30.5 Å². The molecule has 0 spiro atoms. The molecule has 6 aliphatic rings. The van der Waals surface area contributed by atoms with Crippen LogP contribution in [0.5, 0.6) is 5.75 Å². The molecule has 2 aromatic rings. The summed E-state index contributed by atoms with van der Waals surface area (Å²) in [4.78, 5) is 51.4. The topological polar surface area (TPSA) is 122 Å². The molecular formula is C50H73N3O6. The number of carbonyl (C=O) groups is 3. The number of carbonyl (C=O) groups excluding carboxylic acids is 2. The molecule has 324 valence electrons. The minimum Gasteiger partial charge on any atom is -0.497 e.